The van der Waals surface area contributed by atoms with E-state index in [2.05, 4.69) is 25.5 Å². The normalized spacial score (nSPS) is 18.9. The van der Waals surface area contributed by atoms with Crippen LogP contribution in [0.1, 0.15) is 43.9 Å². The van der Waals surface area contributed by atoms with Crippen LogP contribution in [0, 0.1) is 0 Å². The van der Waals surface area contributed by atoms with E-state index in [1.165, 1.54) is 0 Å². The molecule has 180 valence electrons. The summed E-state index contributed by atoms with van der Waals surface area (Å²) < 4.78 is 18.5. The Bertz CT molecular complexity index is 1370. The number of nitrogens with one attached hydrogen (secondary N) is 2. The number of hydrogen-bond donors (Lipinski definition) is 2. The van der Waals surface area contributed by atoms with Crippen LogP contribution in [0.25, 0.3) is 22.4 Å². The minimum atomic E-state index is -1.58. The Morgan fingerprint density at radius 2 is 1.80 bits per heavy atom. The van der Waals surface area contributed by atoms with Gasteiger partial charge in [-0.15, -0.1) is 10.2 Å². The molecule has 2 heterocycles. The van der Waals surface area contributed by atoms with Gasteiger partial charge in [-0.1, -0.05) is 30.3 Å². The third-order valence-corrected chi connectivity index (χ3v) is 7.42. The molecule has 0 radical (unpaired) electrons. The average molecular weight is 492 g/mol. The zero-order chi connectivity index (χ0) is 24.2. The Labute approximate surface area is 204 Å². The van der Waals surface area contributed by atoms with Gasteiger partial charge in [0, 0.05) is 28.7 Å². The molecular weight excluding hydrogens is 466 g/mol. The molecule has 1 atom stereocenters. The lowest BCUT2D eigenvalue weighted by Crippen LogP contribution is -2.38. The number of rotatable bonds is 7. The number of nitrogens with zero attached hydrogens (tertiary/aromatic N) is 3. The smallest absolute Gasteiger partial charge is 0.323 e. The monoisotopic (exact) mass is 491 g/mol. The van der Waals surface area contributed by atoms with Crippen LogP contribution in [0.3, 0.4) is 0 Å². The average Bonchev–Trinajstić information content (AvgIpc) is 3.39. The highest BCUT2D eigenvalue weighted by Crippen LogP contribution is 2.33. The molecule has 0 saturated heterocycles. The predicted octanol–water partition coefficient (Wildman–Crippen LogP) is 3.31. The van der Waals surface area contributed by atoms with E-state index in [0.29, 0.717) is 22.7 Å². The Hall–Kier alpha value is -3.50. The summed E-state index contributed by atoms with van der Waals surface area (Å²) in [6, 6.07) is 16.6. The van der Waals surface area contributed by atoms with Crippen molar-refractivity contribution in [3.8, 4) is 11.5 Å². The van der Waals surface area contributed by atoms with Gasteiger partial charge in [-0.05, 0) is 49.9 Å². The summed E-state index contributed by atoms with van der Waals surface area (Å²) >= 11 is -1.58. The fraction of sp³-hybridized carbons (Fsp3) is 0.320. The molecule has 2 N–H and O–H groups in total. The van der Waals surface area contributed by atoms with Crippen LogP contribution < -0.4 is 10.9 Å². The molecule has 0 bridgehead atoms. The van der Waals surface area contributed by atoms with Crippen LogP contribution in [0.2, 0.25) is 0 Å². The number of carbonyl (C=O) groups is 1. The third kappa shape index (κ3) is 5.44. The summed E-state index contributed by atoms with van der Waals surface area (Å²) in [6.07, 6.45) is 3.39. The topological polar surface area (TPSA) is 137 Å². The number of fused-ring (bicyclic) bond motifs is 1. The number of hydrogen-bond acceptors (Lipinski definition) is 7. The minimum Gasteiger partial charge on any atom is -0.609 e. The molecule has 1 aliphatic carbocycles. The Kier molecular flexibility index (Phi) is 6.91. The van der Waals surface area contributed by atoms with Crippen molar-refractivity contribution in [1.82, 2.24) is 25.5 Å². The highest BCUT2D eigenvalue weighted by Gasteiger charge is 2.28. The highest BCUT2D eigenvalue weighted by atomic mass is 32.2. The zero-order valence-corrected chi connectivity index (χ0v) is 19.8. The van der Waals surface area contributed by atoms with Crippen molar-refractivity contribution < 1.29 is 13.8 Å². The maximum absolute atomic E-state index is 12.6. The molecule has 2 aromatic carbocycles. The van der Waals surface area contributed by atoms with Gasteiger partial charge in [0.1, 0.15) is 5.75 Å². The Balaban J connectivity index is 1.10. The number of carbonyl (C=O) groups excluding carboxylic acids is 1. The van der Waals surface area contributed by atoms with Crippen LogP contribution >= 0.6 is 0 Å². The fourth-order valence-corrected chi connectivity index (χ4v) is 5.31. The van der Waals surface area contributed by atoms with Crippen molar-refractivity contribution in [3.63, 3.8) is 0 Å². The van der Waals surface area contributed by atoms with Crippen molar-refractivity contribution >= 4 is 28.0 Å². The molecule has 0 spiro atoms. The fourth-order valence-electron chi connectivity index (χ4n) is 4.34. The van der Waals surface area contributed by atoms with Crippen molar-refractivity contribution in [2.45, 2.75) is 49.2 Å². The summed E-state index contributed by atoms with van der Waals surface area (Å²) in [5.41, 5.74) is 1.04. The highest BCUT2D eigenvalue weighted by molar-refractivity contribution is 7.91. The molecule has 1 fully saturated rings. The first-order valence-electron chi connectivity index (χ1n) is 11.6. The number of amides is 1. The van der Waals surface area contributed by atoms with Gasteiger partial charge in [0.05, 0.1) is 17.3 Å². The molecule has 2 aromatic heterocycles. The molecule has 4 aromatic rings. The summed E-state index contributed by atoms with van der Waals surface area (Å²) in [5, 5.41) is 12.0. The van der Waals surface area contributed by atoms with Gasteiger partial charge in [-0.3, -0.25) is 14.6 Å². The summed E-state index contributed by atoms with van der Waals surface area (Å²) in [7, 11) is 0. The van der Waals surface area contributed by atoms with Gasteiger partial charge in [-0.25, -0.2) is 0 Å². The lowest BCUT2D eigenvalue weighted by molar-refractivity contribution is -0.121. The maximum atomic E-state index is 12.6. The van der Waals surface area contributed by atoms with Crippen molar-refractivity contribution in [1.29, 1.82) is 0 Å². The molecule has 1 unspecified atom stereocenters. The summed E-state index contributed by atoms with van der Waals surface area (Å²) in [6.45, 7) is 0. The molecule has 1 aliphatic rings. The van der Waals surface area contributed by atoms with Gasteiger partial charge in [-0.2, -0.15) is 4.98 Å². The Morgan fingerprint density at radius 3 is 2.60 bits per heavy atom. The molecular formula is C25H25N5O4S. The van der Waals surface area contributed by atoms with Crippen LogP contribution in [-0.2, 0) is 16.0 Å². The van der Waals surface area contributed by atoms with E-state index >= 15 is 0 Å². The van der Waals surface area contributed by atoms with Crippen LogP contribution in [0.4, 0.5) is 0 Å². The zero-order valence-electron chi connectivity index (χ0n) is 19.0. The standard InChI is InChI=1S/C25H25N5O4S/c31-21(14-15-35(33)25-27-20-9-5-4-8-19(20)22(32)28-25)26-18-12-10-17(11-13-18)24-30-29-23(34-24)16-6-2-1-3-7-16/h1-9,17-18H,10-15H2,(H,26,31)(H,27,28,32)/t17-,18-,35?. The lowest BCUT2D eigenvalue weighted by Gasteiger charge is -2.27. The van der Waals surface area contributed by atoms with Gasteiger partial charge in [0.25, 0.3) is 5.56 Å². The van der Waals surface area contributed by atoms with E-state index in [1.54, 1.807) is 24.3 Å². The maximum Gasteiger partial charge on any atom is 0.323 e. The second-order valence-electron chi connectivity index (χ2n) is 8.62. The third-order valence-electron chi connectivity index (χ3n) is 6.22. The van der Waals surface area contributed by atoms with Gasteiger partial charge in [0.15, 0.2) is 0 Å². The molecule has 1 amide bonds. The molecule has 0 aliphatic heterocycles. The van der Waals surface area contributed by atoms with Gasteiger partial charge < -0.3 is 14.3 Å². The van der Waals surface area contributed by atoms with E-state index < -0.39 is 11.2 Å². The molecule has 5 rings (SSSR count). The van der Waals surface area contributed by atoms with Crippen molar-refractivity contribution in [3.05, 3.63) is 70.8 Å². The van der Waals surface area contributed by atoms with E-state index in [4.69, 9.17) is 4.42 Å². The molecule has 10 heteroatoms. The quantitative estimate of drug-likeness (QED) is 0.299. The molecule has 35 heavy (non-hydrogen) atoms. The van der Waals surface area contributed by atoms with Crippen LogP contribution in [0.15, 0.2) is 69.0 Å². The number of para-hydroxylation sites is 1. The number of aromatic nitrogens is 4. The van der Waals surface area contributed by atoms with Gasteiger partial charge in [0.2, 0.25) is 17.7 Å². The van der Waals surface area contributed by atoms with Crippen LogP contribution in [0.5, 0.6) is 0 Å². The van der Waals surface area contributed by atoms with E-state index in [0.717, 1.165) is 31.2 Å². The largest absolute Gasteiger partial charge is 0.609 e. The lowest BCUT2D eigenvalue weighted by atomic mass is 9.86. The van der Waals surface area contributed by atoms with E-state index in [1.807, 2.05) is 30.3 Å². The minimum absolute atomic E-state index is 0.0577. The van der Waals surface area contributed by atoms with Crippen molar-refractivity contribution in [2.75, 3.05) is 5.75 Å². The van der Waals surface area contributed by atoms with E-state index in [9.17, 15) is 14.1 Å². The first-order valence-corrected chi connectivity index (χ1v) is 12.9. The SMILES string of the molecule is O=C(CC[S+]([O-])c1nc2ccccc2c(=O)[nH]1)N[C@H]1CC[C@H](c2nnc(-c3ccccc3)o2)CC1. The predicted molar refractivity (Wildman–Crippen MR) is 131 cm³/mol. The Morgan fingerprint density at radius 1 is 1.06 bits per heavy atom. The first kappa shape index (κ1) is 23.3. The first-order chi connectivity index (χ1) is 17.1. The molecule has 1 saturated carbocycles. The van der Waals surface area contributed by atoms with Crippen LogP contribution in [-0.4, -0.2) is 42.4 Å². The number of aromatic amines is 1. The summed E-state index contributed by atoms with van der Waals surface area (Å²) in [5.74, 6) is 1.27. The number of benzene rings is 2. The second kappa shape index (κ2) is 10.4. The van der Waals surface area contributed by atoms with Gasteiger partial charge >= 0.3 is 5.16 Å². The molecule has 9 nitrogen and oxygen atoms in total. The number of H-pyrrole nitrogens is 1. The van der Waals surface area contributed by atoms with E-state index in [-0.39, 0.29) is 40.8 Å². The van der Waals surface area contributed by atoms with Crippen molar-refractivity contribution in [2.24, 2.45) is 0 Å². The second-order valence-corrected chi connectivity index (χ2v) is 10.1. The summed E-state index contributed by atoms with van der Waals surface area (Å²) in [4.78, 5) is 31.5.